The molecule has 1 aromatic heterocycles. The molecule has 3 nitrogen and oxygen atoms in total. The van der Waals surface area contributed by atoms with Gasteiger partial charge in [0, 0.05) is 6.17 Å². The zero-order chi connectivity index (χ0) is 14.1. The van der Waals surface area contributed by atoms with Crippen molar-refractivity contribution in [1.82, 2.24) is 14.8 Å². The van der Waals surface area contributed by atoms with Crippen LogP contribution in [0.5, 0.6) is 0 Å². The smallest absolute Gasteiger partial charge is 0.256 e. The van der Waals surface area contributed by atoms with E-state index in [1.165, 1.54) is 18.7 Å². The second-order valence-electron chi connectivity index (χ2n) is 5.02. The average Bonchev–Trinajstić information content (AvgIpc) is 2.80. The van der Waals surface area contributed by atoms with Crippen LogP contribution >= 0.6 is 0 Å². The lowest BCUT2D eigenvalue weighted by Crippen LogP contribution is -2.49. The minimum absolute atomic E-state index is 0.401. The van der Waals surface area contributed by atoms with E-state index in [4.69, 9.17) is 0 Å². The van der Waals surface area contributed by atoms with Gasteiger partial charge in [0.1, 0.15) is 20.7 Å². The van der Waals surface area contributed by atoms with Gasteiger partial charge in [-0.15, -0.1) is 0 Å². The topological polar surface area (TPSA) is 30.7 Å². The number of alkyl halides is 3. The van der Waals surface area contributed by atoms with Gasteiger partial charge in [-0.2, -0.15) is 18.3 Å². The maximum atomic E-state index is 13.0. The summed E-state index contributed by atoms with van der Waals surface area (Å²) in [6.45, 7) is 3.80. The van der Waals surface area contributed by atoms with E-state index < -0.39 is 19.8 Å². The van der Waals surface area contributed by atoms with E-state index in [-0.39, 0.29) is 0 Å². The minimum atomic E-state index is -4.32. The van der Waals surface area contributed by atoms with Crippen LogP contribution in [0, 0.1) is 0 Å². The van der Waals surface area contributed by atoms with Gasteiger partial charge in [-0.3, -0.25) is 4.68 Å². The Morgan fingerprint density at radius 2 is 1.89 bits per heavy atom. The highest BCUT2D eigenvalue weighted by molar-refractivity contribution is 6.89. The first kappa shape index (κ1) is 13.8. The molecular weight excluding hydrogens is 271 g/mol. The van der Waals surface area contributed by atoms with E-state index in [0.29, 0.717) is 11.4 Å². The fourth-order valence-electron chi connectivity index (χ4n) is 2.13. The molecule has 1 heterocycles. The zero-order valence-electron chi connectivity index (χ0n) is 10.6. The van der Waals surface area contributed by atoms with E-state index in [1.54, 1.807) is 16.8 Å². The van der Waals surface area contributed by atoms with Crippen LogP contribution in [-0.2, 0) is 12.3 Å². The molecule has 2 aromatic rings. The predicted molar refractivity (Wildman–Crippen MR) is 68.6 cm³/mol. The molecule has 0 aliphatic heterocycles. The monoisotopic (exact) mass is 285 g/mol. The normalized spacial score (nSPS) is 12.7. The van der Waals surface area contributed by atoms with E-state index in [2.05, 4.69) is 10.1 Å². The number of hydrogen-bond donors (Lipinski definition) is 0. The average molecular weight is 285 g/mol. The lowest BCUT2D eigenvalue weighted by molar-refractivity contribution is -0.136. The van der Waals surface area contributed by atoms with Crippen molar-refractivity contribution in [3.63, 3.8) is 0 Å². The van der Waals surface area contributed by atoms with Crippen molar-refractivity contribution in [1.29, 1.82) is 0 Å². The lowest BCUT2D eigenvalue weighted by atomic mass is 10.2. The van der Waals surface area contributed by atoms with Crippen LogP contribution in [-0.4, -0.2) is 22.8 Å². The largest absolute Gasteiger partial charge is 0.416 e. The first-order valence-electron chi connectivity index (χ1n) is 5.80. The van der Waals surface area contributed by atoms with E-state index >= 15 is 0 Å². The standard InChI is InChI=1S/C12H14F3N3Si/c1-19(2,9-18-8-16-7-17-18)11-6-4-3-5-10(11)12(13,14)15/h3-8H,9H2,1-2H3. The van der Waals surface area contributed by atoms with Gasteiger partial charge < -0.3 is 0 Å². The molecule has 0 fully saturated rings. The van der Waals surface area contributed by atoms with Gasteiger partial charge in [0.15, 0.2) is 0 Å². The third-order valence-electron chi connectivity index (χ3n) is 2.99. The summed E-state index contributed by atoms with van der Waals surface area (Å²) in [7, 11) is -2.30. The Kier molecular flexibility index (Phi) is 3.49. The molecule has 0 saturated heterocycles. The van der Waals surface area contributed by atoms with Gasteiger partial charge in [-0.05, 0) is 5.19 Å². The summed E-state index contributed by atoms with van der Waals surface area (Å²) in [5.41, 5.74) is -0.535. The number of hydrogen-bond acceptors (Lipinski definition) is 2. The molecule has 0 spiro atoms. The number of nitrogens with zero attached hydrogens (tertiary/aromatic N) is 3. The summed E-state index contributed by atoms with van der Waals surface area (Å²) in [6, 6.07) is 5.80. The molecule has 7 heteroatoms. The predicted octanol–water partition coefficient (Wildman–Crippen LogP) is 2.45. The van der Waals surface area contributed by atoms with Crippen LogP contribution in [0.4, 0.5) is 13.2 Å². The van der Waals surface area contributed by atoms with Gasteiger partial charge in [0.05, 0.1) is 5.56 Å². The molecule has 0 aliphatic carbocycles. The van der Waals surface area contributed by atoms with Gasteiger partial charge in [0.25, 0.3) is 0 Å². The maximum Gasteiger partial charge on any atom is 0.416 e. The van der Waals surface area contributed by atoms with Crippen LogP contribution in [0.2, 0.25) is 13.1 Å². The summed E-state index contributed by atoms with van der Waals surface area (Å²) in [6.07, 6.45) is -0.922. The van der Waals surface area contributed by atoms with E-state index in [0.717, 1.165) is 6.07 Å². The molecule has 102 valence electrons. The molecule has 0 unspecified atom stereocenters. The van der Waals surface area contributed by atoms with Crippen molar-refractivity contribution in [2.24, 2.45) is 0 Å². The molecule has 0 aliphatic rings. The molecule has 0 atom stereocenters. The van der Waals surface area contributed by atoms with Crippen molar-refractivity contribution in [2.45, 2.75) is 25.4 Å². The number of rotatable bonds is 3. The Bertz CT molecular complexity index is 550. The maximum absolute atomic E-state index is 13.0. The van der Waals surface area contributed by atoms with Crippen molar-refractivity contribution >= 4 is 13.3 Å². The van der Waals surface area contributed by atoms with Crippen molar-refractivity contribution < 1.29 is 13.2 Å². The van der Waals surface area contributed by atoms with Crippen LogP contribution < -0.4 is 5.19 Å². The molecule has 0 bridgehead atoms. The highest BCUT2D eigenvalue weighted by atomic mass is 28.3. The Labute approximate surface area is 110 Å². The highest BCUT2D eigenvalue weighted by Gasteiger charge is 2.38. The quantitative estimate of drug-likeness (QED) is 0.811. The molecule has 0 radical (unpaired) electrons. The number of halogens is 3. The SMILES string of the molecule is C[Si](C)(Cn1cncn1)c1ccccc1C(F)(F)F. The highest BCUT2D eigenvalue weighted by Crippen LogP contribution is 2.29. The lowest BCUT2D eigenvalue weighted by Gasteiger charge is -2.26. The Morgan fingerprint density at radius 3 is 2.47 bits per heavy atom. The fourth-order valence-corrected chi connectivity index (χ4v) is 4.77. The van der Waals surface area contributed by atoms with Crippen molar-refractivity contribution in [3.05, 3.63) is 42.5 Å². The van der Waals surface area contributed by atoms with E-state index in [1.807, 2.05) is 13.1 Å². The molecule has 2 rings (SSSR count). The minimum Gasteiger partial charge on any atom is -0.256 e. The molecule has 0 saturated carbocycles. The zero-order valence-corrected chi connectivity index (χ0v) is 11.6. The van der Waals surface area contributed by atoms with Gasteiger partial charge in [0.2, 0.25) is 0 Å². The first-order chi connectivity index (χ1) is 8.81. The molecule has 1 aromatic carbocycles. The molecule has 19 heavy (non-hydrogen) atoms. The second kappa shape index (κ2) is 4.80. The van der Waals surface area contributed by atoms with Gasteiger partial charge >= 0.3 is 6.18 Å². The summed E-state index contributed by atoms with van der Waals surface area (Å²) in [5.74, 6) is 0. The first-order valence-corrected chi connectivity index (χ1v) is 9.00. The van der Waals surface area contributed by atoms with Gasteiger partial charge in [-0.1, -0.05) is 37.4 Å². The number of benzene rings is 1. The summed E-state index contributed by atoms with van der Waals surface area (Å²) in [5, 5.41) is 4.38. The summed E-state index contributed by atoms with van der Waals surface area (Å²) in [4.78, 5) is 3.82. The third-order valence-corrected chi connectivity index (χ3v) is 5.99. The second-order valence-corrected chi connectivity index (χ2v) is 9.64. The number of aromatic nitrogens is 3. The van der Waals surface area contributed by atoms with E-state index in [9.17, 15) is 13.2 Å². The third kappa shape index (κ3) is 3.03. The van der Waals surface area contributed by atoms with Crippen LogP contribution in [0.25, 0.3) is 0 Å². The van der Waals surface area contributed by atoms with Crippen LogP contribution in [0.1, 0.15) is 5.56 Å². The van der Waals surface area contributed by atoms with Crippen molar-refractivity contribution in [3.8, 4) is 0 Å². The Hall–Kier alpha value is -1.63. The summed E-state index contributed by atoms with van der Waals surface area (Å²) >= 11 is 0. The fraction of sp³-hybridized carbons (Fsp3) is 0.333. The molecule has 0 N–H and O–H groups in total. The Morgan fingerprint density at radius 1 is 1.21 bits per heavy atom. The molecular formula is C12H14F3N3Si. The van der Waals surface area contributed by atoms with Crippen molar-refractivity contribution in [2.75, 3.05) is 0 Å². The van der Waals surface area contributed by atoms with Crippen LogP contribution in [0.15, 0.2) is 36.9 Å². The molecule has 0 amide bonds. The Balaban J connectivity index is 2.40. The van der Waals surface area contributed by atoms with Crippen LogP contribution in [0.3, 0.4) is 0 Å². The summed E-state index contributed by atoms with van der Waals surface area (Å²) < 4.78 is 40.7. The van der Waals surface area contributed by atoms with Gasteiger partial charge in [-0.25, -0.2) is 4.98 Å².